The first-order valence-corrected chi connectivity index (χ1v) is 12.5. The van der Waals surface area contributed by atoms with E-state index in [2.05, 4.69) is 6.58 Å². The average Bonchev–Trinajstić information content (AvgIpc) is 3.44. The number of aliphatic hydroxyl groups excluding tert-OH is 1. The minimum absolute atomic E-state index is 0.200. The number of amides is 2. The van der Waals surface area contributed by atoms with Crippen molar-refractivity contribution in [1.29, 1.82) is 0 Å². The summed E-state index contributed by atoms with van der Waals surface area (Å²) in [5.74, 6) is -3.92. The Balaban J connectivity index is 1.64. The molecule has 0 radical (unpaired) electrons. The number of hydrogen-bond donors (Lipinski definition) is 2. The van der Waals surface area contributed by atoms with E-state index < -0.39 is 47.0 Å². The molecule has 6 atom stereocenters. The maximum atomic E-state index is 14.4. The smallest absolute Gasteiger partial charge is 0.310 e. The number of carboxylic acids is 1. The predicted molar refractivity (Wildman–Crippen MR) is 134 cm³/mol. The van der Waals surface area contributed by atoms with Gasteiger partial charge in [0.2, 0.25) is 5.91 Å². The van der Waals surface area contributed by atoms with Crippen molar-refractivity contribution < 1.29 is 29.3 Å². The fraction of sp³-hybridized carbons (Fsp3) is 0.464. The van der Waals surface area contributed by atoms with Crippen molar-refractivity contribution in [1.82, 2.24) is 4.90 Å². The first-order chi connectivity index (χ1) is 17.2. The Kier molecular flexibility index (Phi) is 5.92. The van der Waals surface area contributed by atoms with Crippen molar-refractivity contribution in [3.8, 4) is 0 Å². The topological polar surface area (TPSA) is 107 Å². The Labute approximate surface area is 210 Å². The predicted octanol–water partition coefficient (Wildman–Crippen LogP) is 2.98. The van der Waals surface area contributed by atoms with Crippen LogP contribution in [0.25, 0.3) is 10.8 Å². The fourth-order valence-corrected chi connectivity index (χ4v) is 6.77. The molecule has 3 saturated heterocycles. The molecule has 3 aliphatic rings. The monoisotopic (exact) mass is 492 g/mol. The van der Waals surface area contributed by atoms with Gasteiger partial charge in [0, 0.05) is 12.2 Å². The van der Waals surface area contributed by atoms with E-state index in [-0.39, 0.29) is 19.1 Å². The summed E-state index contributed by atoms with van der Waals surface area (Å²) in [5.41, 5.74) is -1.63. The molecule has 0 saturated carbocycles. The maximum Gasteiger partial charge on any atom is 0.310 e. The minimum Gasteiger partial charge on any atom is -0.481 e. The molecule has 36 heavy (non-hydrogen) atoms. The summed E-state index contributed by atoms with van der Waals surface area (Å²) in [5, 5.41) is 22.2. The third kappa shape index (κ3) is 3.31. The second kappa shape index (κ2) is 8.71. The van der Waals surface area contributed by atoms with E-state index in [4.69, 9.17) is 4.74 Å². The molecule has 2 aromatic carbocycles. The number of hydrogen-bond acceptors (Lipinski definition) is 5. The van der Waals surface area contributed by atoms with E-state index in [1.54, 1.807) is 17.9 Å². The van der Waals surface area contributed by atoms with Gasteiger partial charge in [-0.3, -0.25) is 14.4 Å². The summed E-state index contributed by atoms with van der Waals surface area (Å²) in [6, 6.07) is 11.9. The molecule has 0 aliphatic carbocycles. The van der Waals surface area contributed by atoms with Crippen LogP contribution in [0, 0.1) is 11.8 Å². The van der Waals surface area contributed by atoms with Crippen LogP contribution in [0.15, 0.2) is 55.1 Å². The number of carboxylic acid groups (broad SMARTS) is 1. The van der Waals surface area contributed by atoms with Crippen LogP contribution in [-0.2, 0) is 19.1 Å². The molecule has 2 bridgehead atoms. The summed E-state index contributed by atoms with van der Waals surface area (Å²) in [6.07, 6.45) is 2.89. The Morgan fingerprint density at radius 3 is 2.61 bits per heavy atom. The van der Waals surface area contributed by atoms with Crippen molar-refractivity contribution in [2.45, 2.75) is 56.4 Å². The molecule has 190 valence electrons. The molecule has 3 fully saturated rings. The van der Waals surface area contributed by atoms with Crippen LogP contribution >= 0.6 is 0 Å². The highest BCUT2D eigenvalue weighted by atomic mass is 16.5. The normalized spacial score (nSPS) is 31.5. The fourth-order valence-electron chi connectivity index (χ4n) is 6.77. The molecule has 2 unspecified atom stereocenters. The number of aliphatic hydroxyl groups is 1. The molecule has 2 aromatic rings. The zero-order chi connectivity index (χ0) is 25.8. The molecule has 8 heteroatoms. The zero-order valence-electron chi connectivity index (χ0n) is 20.6. The van der Waals surface area contributed by atoms with Crippen LogP contribution in [0.5, 0.6) is 0 Å². The number of likely N-dealkylation sites (tertiary alicyclic amines) is 1. The van der Waals surface area contributed by atoms with Gasteiger partial charge in [-0.25, -0.2) is 0 Å². The van der Waals surface area contributed by atoms with Crippen LogP contribution < -0.4 is 4.90 Å². The first kappa shape index (κ1) is 24.5. The lowest BCUT2D eigenvalue weighted by Crippen LogP contribution is -2.59. The molecule has 0 aromatic heterocycles. The van der Waals surface area contributed by atoms with E-state index in [0.29, 0.717) is 24.9 Å². The highest BCUT2D eigenvalue weighted by Crippen LogP contribution is 2.63. The molecular weight excluding hydrogens is 460 g/mol. The molecule has 2 amide bonds. The lowest BCUT2D eigenvalue weighted by atomic mass is 9.66. The molecule has 2 N–H and O–H groups in total. The number of ether oxygens (including phenoxy) is 1. The number of anilines is 1. The van der Waals surface area contributed by atoms with Crippen LogP contribution in [0.2, 0.25) is 0 Å². The first-order valence-electron chi connectivity index (χ1n) is 12.5. The van der Waals surface area contributed by atoms with Crippen LogP contribution in [-0.4, -0.2) is 69.3 Å². The minimum atomic E-state index is -1.26. The van der Waals surface area contributed by atoms with Crippen molar-refractivity contribution in [2.75, 3.05) is 18.1 Å². The number of nitrogens with zero attached hydrogens (tertiary/aromatic N) is 2. The number of fused-ring (bicyclic) bond motifs is 2. The van der Waals surface area contributed by atoms with Crippen molar-refractivity contribution in [3.05, 3.63) is 55.1 Å². The summed E-state index contributed by atoms with van der Waals surface area (Å²) in [7, 11) is 0. The molecule has 8 nitrogen and oxygen atoms in total. The lowest BCUT2D eigenvalue weighted by Gasteiger charge is -2.39. The van der Waals surface area contributed by atoms with Gasteiger partial charge in [0.25, 0.3) is 5.91 Å². The van der Waals surface area contributed by atoms with Gasteiger partial charge in [-0.1, -0.05) is 43.3 Å². The highest BCUT2D eigenvalue weighted by molar-refractivity contribution is 6.05. The van der Waals surface area contributed by atoms with Crippen LogP contribution in [0.1, 0.15) is 33.1 Å². The number of carbonyl (C=O) groups is 3. The third-order valence-corrected chi connectivity index (χ3v) is 8.41. The Morgan fingerprint density at radius 2 is 1.97 bits per heavy atom. The summed E-state index contributed by atoms with van der Waals surface area (Å²) in [4.78, 5) is 43.7. The van der Waals surface area contributed by atoms with E-state index in [0.717, 1.165) is 10.8 Å². The molecule has 3 heterocycles. The van der Waals surface area contributed by atoms with Gasteiger partial charge in [0.05, 0.1) is 30.1 Å². The van der Waals surface area contributed by atoms with Crippen molar-refractivity contribution >= 4 is 34.2 Å². The highest BCUT2D eigenvalue weighted by Gasteiger charge is 2.78. The standard InChI is InChI=1S/C28H32N2O6/c1-4-14-29(20-11-10-17-8-6-7-9-18(17)15-20)25(33)23-28-13-12-27(3,36-28)22(26(34)35)21(28)24(32)30(23)19(5-2)16-31/h4,6-11,15,19,21-23,31H,1,5,12-14,16H2,2-3H3,(H,34,35)/t19-,21-,22+,23?,27-,28?/m0/s1. The Morgan fingerprint density at radius 1 is 1.25 bits per heavy atom. The van der Waals surface area contributed by atoms with Gasteiger partial charge in [-0.15, -0.1) is 6.58 Å². The SMILES string of the molecule is C=CCN(C(=O)C1N([C@@H](CC)CO)C(=O)[C@@H]2[C@H](C(=O)O)[C@]3(C)CCC12O3)c1ccc2ccccc2c1. The number of carbonyl (C=O) groups excluding carboxylic acids is 2. The van der Waals surface area contributed by atoms with Crippen molar-refractivity contribution in [3.63, 3.8) is 0 Å². The van der Waals surface area contributed by atoms with Gasteiger partial charge in [0.1, 0.15) is 11.6 Å². The molecule has 5 rings (SSSR count). The Hall–Kier alpha value is -3.23. The van der Waals surface area contributed by atoms with E-state index in [9.17, 15) is 24.6 Å². The van der Waals surface area contributed by atoms with Gasteiger partial charge >= 0.3 is 5.97 Å². The molecule has 1 spiro atoms. The average molecular weight is 493 g/mol. The van der Waals surface area contributed by atoms with Gasteiger partial charge in [-0.2, -0.15) is 0 Å². The van der Waals surface area contributed by atoms with Crippen LogP contribution in [0.4, 0.5) is 5.69 Å². The maximum absolute atomic E-state index is 14.4. The van der Waals surface area contributed by atoms with Gasteiger partial charge in [-0.05, 0) is 49.1 Å². The zero-order valence-corrected chi connectivity index (χ0v) is 20.6. The van der Waals surface area contributed by atoms with Crippen molar-refractivity contribution in [2.24, 2.45) is 11.8 Å². The summed E-state index contributed by atoms with van der Waals surface area (Å²) >= 11 is 0. The quantitative estimate of drug-likeness (QED) is 0.549. The lowest BCUT2D eigenvalue weighted by molar-refractivity contribution is -0.155. The molecular formula is C28H32N2O6. The number of rotatable bonds is 8. The summed E-state index contributed by atoms with van der Waals surface area (Å²) < 4.78 is 6.45. The van der Waals surface area contributed by atoms with Crippen LogP contribution in [0.3, 0.4) is 0 Å². The van der Waals surface area contributed by atoms with Gasteiger partial charge < -0.3 is 24.7 Å². The van der Waals surface area contributed by atoms with E-state index >= 15 is 0 Å². The second-order valence-electron chi connectivity index (χ2n) is 10.3. The largest absolute Gasteiger partial charge is 0.481 e. The number of benzene rings is 2. The summed E-state index contributed by atoms with van der Waals surface area (Å²) in [6.45, 7) is 7.26. The van der Waals surface area contributed by atoms with Gasteiger partial charge in [0.15, 0.2) is 0 Å². The second-order valence-corrected chi connectivity index (χ2v) is 10.3. The van der Waals surface area contributed by atoms with E-state index in [1.807, 2.05) is 49.4 Å². The third-order valence-electron chi connectivity index (χ3n) is 8.41. The number of aliphatic carboxylic acids is 1. The van der Waals surface area contributed by atoms with E-state index in [1.165, 1.54) is 4.90 Å². The molecule has 3 aliphatic heterocycles. The Bertz CT molecular complexity index is 1240.